The number of likely N-dealkylation sites (tertiary alicyclic amines) is 1. The van der Waals surface area contributed by atoms with Gasteiger partial charge in [0.2, 0.25) is 0 Å². The van der Waals surface area contributed by atoms with Crippen molar-refractivity contribution in [3.8, 4) is 0 Å². The summed E-state index contributed by atoms with van der Waals surface area (Å²) >= 11 is 1.45. The Morgan fingerprint density at radius 1 is 1.15 bits per heavy atom. The summed E-state index contributed by atoms with van der Waals surface area (Å²) in [6.07, 6.45) is 5.99. The maximum atomic E-state index is 12.3. The summed E-state index contributed by atoms with van der Waals surface area (Å²) in [5.41, 5.74) is 0.271. The lowest BCUT2D eigenvalue weighted by atomic mass is 9.97. The van der Waals surface area contributed by atoms with Gasteiger partial charge >= 0.3 is 6.09 Å². The van der Waals surface area contributed by atoms with E-state index in [-0.39, 0.29) is 11.0 Å². The Morgan fingerprint density at radius 3 is 2.44 bits per heavy atom. The van der Waals surface area contributed by atoms with Crippen LogP contribution in [0.5, 0.6) is 0 Å². The largest absolute Gasteiger partial charge is 0.444 e. The number of fused-ring (bicyclic) bond motifs is 1. The number of benzene rings is 1. The third kappa shape index (κ3) is 5.87. The molecule has 1 fully saturated rings. The van der Waals surface area contributed by atoms with Crippen molar-refractivity contribution in [3.63, 3.8) is 0 Å². The molecule has 4 rings (SSSR count). The molecule has 2 aromatic heterocycles. The van der Waals surface area contributed by atoms with Crippen molar-refractivity contribution >= 4 is 38.7 Å². The molecular weight excluding hydrogens is 474 g/mol. The summed E-state index contributed by atoms with van der Waals surface area (Å²) < 4.78 is 30.8. The average molecular weight is 504 g/mol. The Bertz CT molecular complexity index is 1270. The minimum absolute atomic E-state index is 0.255. The number of hydrogen-bond acceptors (Lipinski definition) is 8. The van der Waals surface area contributed by atoms with E-state index in [1.165, 1.54) is 24.3 Å². The SMILES string of the molecule is CC(C)(C)OC(=O)N1CCC(Cn2ncc3c(Sc4ccc(S(C)(=O)=O)cc4)ncnc32)CC1. The maximum absolute atomic E-state index is 12.3. The fraction of sp³-hybridized carbons (Fsp3) is 0.478. The van der Waals surface area contributed by atoms with Crippen molar-refractivity contribution in [2.45, 2.75) is 60.6 Å². The zero-order valence-electron chi connectivity index (χ0n) is 19.8. The van der Waals surface area contributed by atoms with E-state index in [4.69, 9.17) is 4.74 Å². The van der Waals surface area contributed by atoms with Gasteiger partial charge in [0.25, 0.3) is 0 Å². The summed E-state index contributed by atoms with van der Waals surface area (Å²) in [4.78, 5) is 24.1. The van der Waals surface area contributed by atoms with Gasteiger partial charge < -0.3 is 9.64 Å². The Hall–Kier alpha value is -2.66. The predicted octanol–water partition coefficient (Wildman–Crippen LogP) is 4.03. The van der Waals surface area contributed by atoms with Crippen LogP contribution in [0.3, 0.4) is 0 Å². The van der Waals surface area contributed by atoms with Crippen LogP contribution in [0.25, 0.3) is 11.0 Å². The van der Waals surface area contributed by atoms with Gasteiger partial charge in [0.1, 0.15) is 17.0 Å². The highest BCUT2D eigenvalue weighted by Gasteiger charge is 2.27. The highest BCUT2D eigenvalue weighted by Crippen LogP contribution is 2.32. The van der Waals surface area contributed by atoms with E-state index >= 15 is 0 Å². The number of hydrogen-bond donors (Lipinski definition) is 0. The first kappa shape index (κ1) is 24.5. The van der Waals surface area contributed by atoms with Crippen molar-refractivity contribution < 1.29 is 17.9 Å². The van der Waals surface area contributed by atoms with Crippen LogP contribution >= 0.6 is 11.8 Å². The molecule has 1 saturated heterocycles. The maximum Gasteiger partial charge on any atom is 0.410 e. The third-order valence-corrected chi connectivity index (χ3v) is 7.72. The Balaban J connectivity index is 1.42. The minimum atomic E-state index is -3.23. The number of ether oxygens (including phenoxy) is 1. The molecule has 0 atom stereocenters. The van der Waals surface area contributed by atoms with Gasteiger partial charge in [0, 0.05) is 30.8 Å². The molecule has 0 radical (unpaired) electrons. The Morgan fingerprint density at radius 2 is 1.82 bits per heavy atom. The Kier molecular flexibility index (Phi) is 6.86. The van der Waals surface area contributed by atoms with Crippen LogP contribution in [-0.2, 0) is 21.1 Å². The second-order valence-corrected chi connectivity index (χ2v) is 12.6. The molecule has 11 heteroatoms. The third-order valence-electron chi connectivity index (χ3n) is 5.56. The van der Waals surface area contributed by atoms with E-state index in [1.54, 1.807) is 35.4 Å². The standard InChI is InChI=1S/C23H29N5O4S2/c1-23(2,3)32-22(29)27-11-9-16(10-12-27)14-28-20-19(13-26-28)21(25-15-24-20)33-17-5-7-18(8-6-17)34(4,30)31/h5-8,13,15-16H,9-12,14H2,1-4H3. The molecule has 0 bridgehead atoms. The summed E-state index contributed by atoms with van der Waals surface area (Å²) in [6.45, 7) is 7.67. The van der Waals surface area contributed by atoms with Crippen molar-refractivity contribution in [1.29, 1.82) is 0 Å². The second kappa shape index (κ2) is 9.53. The number of sulfone groups is 1. The quantitative estimate of drug-likeness (QED) is 0.480. The van der Waals surface area contributed by atoms with Gasteiger partial charge in [-0.05, 0) is 63.8 Å². The molecule has 182 valence electrons. The first-order chi connectivity index (χ1) is 16.0. The molecule has 3 heterocycles. The average Bonchev–Trinajstić information content (AvgIpc) is 3.17. The molecule has 0 N–H and O–H groups in total. The van der Waals surface area contributed by atoms with Crippen LogP contribution < -0.4 is 0 Å². The van der Waals surface area contributed by atoms with E-state index in [0.29, 0.717) is 19.0 Å². The van der Waals surface area contributed by atoms with E-state index in [9.17, 15) is 13.2 Å². The van der Waals surface area contributed by atoms with Gasteiger partial charge in [-0.3, -0.25) is 0 Å². The molecular formula is C23H29N5O4S2. The topological polar surface area (TPSA) is 107 Å². The van der Waals surface area contributed by atoms with Crippen LogP contribution in [0.4, 0.5) is 4.79 Å². The normalized spacial score (nSPS) is 15.6. The lowest BCUT2D eigenvalue weighted by Gasteiger charge is -2.33. The molecule has 0 saturated carbocycles. The van der Waals surface area contributed by atoms with Crippen LogP contribution in [0, 0.1) is 5.92 Å². The van der Waals surface area contributed by atoms with E-state index < -0.39 is 15.4 Å². The number of nitrogens with zero attached hydrogens (tertiary/aromatic N) is 5. The summed E-state index contributed by atoms with van der Waals surface area (Å²) in [5, 5.41) is 6.18. The molecule has 0 unspecified atom stereocenters. The molecule has 1 aliphatic rings. The number of piperidine rings is 1. The number of aromatic nitrogens is 4. The molecule has 0 aliphatic carbocycles. The van der Waals surface area contributed by atoms with Crippen LogP contribution in [0.15, 0.2) is 51.6 Å². The van der Waals surface area contributed by atoms with Crippen molar-refractivity contribution in [2.24, 2.45) is 5.92 Å². The van der Waals surface area contributed by atoms with Crippen LogP contribution in [0.2, 0.25) is 0 Å². The smallest absolute Gasteiger partial charge is 0.410 e. The number of carbonyl (C=O) groups excluding carboxylic acids is 1. The first-order valence-corrected chi connectivity index (χ1v) is 13.8. The van der Waals surface area contributed by atoms with Gasteiger partial charge in [-0.2, -0.15) is 5.10 Å². The fourth-order valence-corrected chi connectivity index (χ4v) is 5.30. The zero-order chi connectivity index (χ0) is 24.5. The molecule has 1 aliphatic heterocycles. The fourth-order valence-electron chi connectivity index (χ4n) is 3.82. The molecule has 34 heavy (non-hydrogen) atoms. The lowest BCUT2D eigenvalue weighted by Crippen LogP contribution is -2.42. The monoisotopic (exact) mass is 503 g/mol. The first-order valence-electron chi connectivity index (χ1n) is 11.1. The molecule has 0 spiro atoms. The molecule has 1 amide bonds. The number of rotatable bonds is 5. The number of amides is 1. The van der Waals surface area contributed by atoms with Crippen LogP contribution in [0.1, 0.15) is 33.6 Å². The van der Waals surface area contributed by atoms with Crippen molar-refractivity contribution in [3.05, 3.63) is 36.8 Å². The van der Waals surface area contributed by atoms with Crippen molar-refractivity contribution in [2.75, 3.05) is 19.3 Å². The summed E-state index contributed by atoms with van der Waals surface area (Å²) in [7, 11) is -3.23. The van der Waals surface area contributed by atoms with Crippen LogP contribution in [-0.4, -0.2) is 64.1 Å². The van der Waals surface area contributed by atoms with Gasteiger partial charge in [-0.15, -0.1) is 0 Å². The molecule has 9 nitrogen and oxygen atoms in total. The van der Waals surface area contributed by atoms with E-state index in [2.05, 4.69) is 15.1 Å². The van der Waals surface area contributed by atoms with Gasteiger partial charge in [0.15, 0.2) is 15.5 Å². The zero-order valence-corrected chi connectivity index (χ0v) is 21.4. The predicted molar refractivity (Wildman–Crippen MR) is 130 cm³/mol. The summed E-state index contributed by atoms with van der Waals surface area (Å²) in [5.74, 6) is 0.386. The number of carbonyl (C=O) groups is 1. The highest BCUT2D eigenvalue weighted by molar-refractivity contribution is 7.99. The molecule has 3 aromatic rings. The van der Waals surface area contributed by atoms with Gasteiger partial charge in [-0.1, -0.05) is 11.8 Å². The highest BCUT2D eigenvalue weighted by atomic mass is 32.2. The summed E-state index contributed by atoms with van der Waals surface area (Å²) in [6, 6.07) is 6.75. The van der Waals surface area contributed by atoms with E-state index in [1.807, 2.05) is 25.5 Å². The minimum Gasteiger partial charge on any atom is -0.444 e. The van der Waals surface area contributed by atoms with Gasteiger partial charge in [-0.25, -0.2) is 27.9 Å². The lowest BCUT2D eigenvalue weighted by molar-refractivity contribution is 0.0177. The molecule has 1 aromatic carbocycles. The van der Waals surface area contributed by atoms with Crippen molar-refractivity contribution in [1.82, 2.24) is 24.6 Å². The Labute approximate surface area is 203 Å². The second-order valence-electron chi connectivity index (χ2n) is 9.50. The van der Waals surface area contributed by atoms with E-state index in [0.717, 1.165) is 40.3 Å². The van der Waals surface area contributed by atoms with Gasteiger partial charge in [0.05, 0.1) is 16.5 Å².